The molecule has 116 valence electrons. The lowest BCUT2D eigenvalue weighted by Gasteiger charge is -2.28. The van der Waals surface area contributed by atoms with Gasteiger partial charge >= 0.3 is 0 Å². The van der Waals surface area contributed by atoms with Gasteiger partial charge in [0.15, 0.2) is 9.84 Å². The topological polar surface area (TPSA) is 66.5 Å². The van der Waals surface area contributed by atoms with Gasteiger partial charge in [-0.15, -0.1) is 0 Å². The quantitative estimate of drug-likeness (QED) is 0.874. The summed E-state index contributed by atoms with van der Waals surface area (Å²) in [5.74, 6) is -0.0319. The maximum atomic E-state index is 12.4. The van der Waals surface area contributed by atoms with Gasteiger partial charge < -0.3 is 4.90 Å². The Morgan fingerprint density at radius 2 is 1.90 bits per heavy atom. The van der Waals surface area contributed by atoms with Crippen molar-refractivity contribution in [2.75, 3.05) is 19.5 Å². The van der Waals surface area contributed by atoms with E-state index in [0.29, 0.717) is 13.1 Å². The van der Waals surface area contributed by atoms with Crippen LogP contribution in [0.4, 0.5) is 0 Å². The van der Waals surface area contributed by atoms with Crippen LogP contribution in [0.2, 0.25) is 0 Å². The Kier molecular flexibility index (Phi) is 4.39. The average molecular weight is 310 g/mol. The van der Waals surface area contributed by atoms with Crippen LogP contribution in [0.15, 0.2) is 30.3 Å². The predicted molar refractivity (Wildman–Crippen MR) is 82.6 cm³/mol. The number of amides is 1. The number of rotatable bonds is 5. The minimum absolute atomic E-state index is 0.0319. The van der Waals surface area contributed by atoms with E-state index in [2.05, 4.69) is 5.32 Å². The summed E-state index contributed by atoms with van der Waals surface area (Å²) < 4.78 is 22.6. The molecule has 0 aliphatic carbocycles. The van der Waals surface area contributed by atoms with Gasteiger partial charge in [-0.3, -0.25) is 10.1 Å². The Labute approximate surface area is 126 Å². The van der Waals surface area contributed by atoms with Gasteiger partial charge in [-0.2, -0.15) is 0 Å². The third kappa shape index (κ3) is 3.63. The third-order valence-electron chi connectivity index (χ3n) is 4.00. The van der Waals surface area contributed by atoms with Crippen molar-refractivity contribution in [3.63, 3.8) is 0 Å². The summed E-state index contributed by atoms with van der Waals surface area (Å²) in [6.45, 7) is 3.92. The molecule has 1 aliphatic heterocycles. The fourth-order valence-corrected chi connectivity index (χ4v) is 2.72. The summed E-state index contributed by atoms with van der Waals surface area (Å²) in [7, 11) is -3.21. The molecule has 1 heterocycles. The van der Waals surface area contributed by atoms with Gasteiger partial charge in [0.2, 0.25) is 5.91 Å². The lowest BCUT2D eigenvalue weighted by Crippen LogP contribution is -2.45. The number of carbonyl (C=O) groups is 1. The maximum Gasteiger partial charge on any atom is 0.241 e. The number of nitrogens with one attached hydrogen (secondary N) is 1. The van der Waals surface area contributed by atoms with E-state index < -0.39 is 14.6 Å². The molecule has 1 saturated heterocycles. The zero-order valence-corrected chi connectivity index (χ0v) is 13.5. The summed E-state index contributed by atoms with van der Waals surface area (Å²) in [4.78, 5) is 14.0. The second kappa shape index (κ2) is 5.77. The van der Waals surface area contributed by atoms with E-state index in [1.54, 1.807) is 18.7 Å². The molecule has 1 aromatic carbocycles. The maximum absolute atomic E-state index is 12.4. The SMILES string of the molecule is CC(C)(CN1CNC(Cc2ccccc2)C1=O)S(C)(=O)=O. The van der Waals surface area contributed by atoms with Gasteiger partial charge in [-0.05, 0) is 25.8 Å². The van der Waals surface area contributed by atoms with Crippen LogP contribution in [-0.4, -0.2) is 49.5 Å². The van der Waals surface area contributed by atoms with Crippen molar-refractivity contribution in [2.45, 2.75) is 31.1 Å². The van der Waals surface area contributed by atoms with Crippen molar-refractivity contribution >= 4 is 15.7 Å². The molecule has 1 aliphatic rings. The highest BCUT2D eigenvalue weighted by Gasteiger charge is 2.38. The lowest BCUT2D eigenvalue weighted by atomic mass is 10.1. The van der Waals surface area contributed by atoms with Crippen LogP contribution in [0.25, 0.3) is 0 Å². The molecule has 1 atom stereocenters. The number of hydrogen-bond donors (Lipinski definition) is 1. The highest BCUT2D eigenvalue weighted by molar-refractivity contribution is 7.92. The zero-order chi connectivity index (χ0) is 15.7. The highest BCUT2D eigenvalue weighted by atomic mass is 32.2. The smallest absolute Gasteiger partial charge is 0.241 e. The highest BCUT2D eigenvalue weighted by Crippen LogP contribution is 2.19. The molecule has 2 rings (SSSR count). The monoisotopic (exact) mass is 310 g/mol. The van der Waals surface area contributed by atoms with Crippen LogP contribution < -0.4 is 5.32 Å². The first-order valence-corrected chi connectivity index (χ1v) is 8.85. The van der Waals surface area contributed by atoms with E-state index in [0.717, 1.165) is 5.56 Å². The van der Waals surface area contributed by atoms with E-state index in [-0.39, 0.29) is 18.5 Å². The van der Waals surface area contributed by atoms with Gasteiger partial charge in [0, 0.05) is 12.8 Å². The third-order valence-corrected chi connectivity index (χ3v) is 6.13. The number of nitrogens with zero attached hydrogens (tertiary/aromatic N) is 1. The Bertz CT molecular complexity index is 611. The first kappa shape index (κ1) is 16.0. The normalized spacial score (nSPS) is 20.0. The van der Waals surface area contributed by atoms with Crippen molar-refractivity contribution in [1.29, 1.82) is 0 Å². The second-order valence-electron chi connectivity index (χ2n) is 6.17. The molecule has 1 unspecified atom stereocenters. The molecule has 5 nitrogen and oxygen atoms in total. The molecular formula is C15H22N2O3S. The van der Waals surface area contributed by atoms with E-state index in [1.165, 1.54) is 6.26 Å². The van der Waals surface area contributed by atoms with E-state index in [4.69, 9.17) is 0 Å². The average Bonchev–Trinajstić information content (AvgIpc) is 2.71. The van der Waals surface area contributed by atoms with E-state index >= 15 is 0 Å². The van der Waals surface area contributed by atoms with Crippen LogP contribution in [0, 0.1) is 0 Å². The predicted octanol–water partition coefficient (Wildman–Crippen LogP) is 0.810. The van der Waals surface area contributed by atoms with Crippen molar-refractivity contribution < 1.29 is 13.2 Å². The van der Waals surface area contributed by atoms with Gasteiger partial charge in [0.05, 0.1) is 17.5 Å². The van der Waals surface area contributed by atoms with E-state index in [1.807, 2.05) is 30.3 Å². The molecule has 1 fully saturated rings. The van der Waals surface area contributed by atoms with Crippen molar-refractivity contribution in [3.8, 4) is 0 Å². The van der Waals surface area contributed by atoms with Crippen molar-refractivity contribution in [2.24, 2.45) is 0 Å². The summed E-state index contributed by atoms with van der Waals surface area (Å²) in [6.07, 6.45) is 1.83. The molecular weight excluding hydrogens is 288 g/mol. The number of carbonyl (C=O) groups excluding carboxylic acids is 1. The second-order valence-corrected chi connectivity index (χ2v) is 8.82. The fourth-order valence-electron chi connectivity index (χ4n) is 2.33. The lowest BCUT2D eigenvalue weighted by molar-refractivity contribution is -0.129. The summed E-state index contributed by atoms with van der Waals surface area (Å²) in [6, 6.07) is 9.52. The van der Waals surface area contributed by atoms with Crippen molar-refractivity contribution in [3.05, 3.63) is 35.9 Å². The number of sulfone groups is 1. The van der Waals surface area contributed by atoms with Gasteiger partial charge in [0.1, 0.15) is 0 Å². The van der Waals surface area contributed by atoms with Crippen molar-refractivity contribution in [1.82, 2.24) is 10.2 Å². The van der Waals surface area contributed by atoms with Crippen LogP contribution in [-0.2, 0) is 21.1 Å². The summed E-state index contributed by atoms with van der Waals surface area (Å²) in [5, 5.41) is 3.16. The van der Waals surface area contributed by atoms with E-state index in [9.17, 15) is 13.2 Å². The Morgan fingerprint density at radius 3 is 2.48 bits per heavy atom. The summed E-state index contributed by atoms with van der Waals surface area (Å²) in [5.41, 5.74) is 1.09. The number of hydrogen-bond acceptors (Lipinski definition) is 4. The van der Waals surface area contributed by atoms with Crippen LogP contribution in [0.1, 0.15) is 19.4 Å². The minimum Gasteiger partial charge on any atom is -0.327 e. The molecule has 0 radical (unpaired) electrons. The molecule has 1 N–H and O–H groups in total. The molecule has 21 heavy (non-hydrogen) atoms. The number of benzene rings is 1. The largest absolute Gasteiger partial charge is 0.327 e. The molecule has 0 saturated carbocycles. The molecule has 6 heteroatoms. The fraction of sp³-hybridized carbons (Fsp3) is 0.533. The molecule has 1 aromatic rings. The van der Waals surface area contributed by atoms with Gasteiger partial charge in [-0.1, -0.05) is 30.3 Å². The minimum atomic E-state index is -3.21. The van der Waals surface area contributed by atoms with Gasteiger partial charge in [-0.25, -0.2) is 8.42 Å². The zero-order valence-electron chi connectivity index (χ0n) is 12.7. The van der Waals surface area contributed by atoms with Crippen LogP contribution in [0.3, 0.4) is 0 Å². The van der Waals surface area contributed by atoms with Crippen LogP contribution in [0.5, 0.6) is 0 Å². The Hall–Kier alpha value is -1.40. The molecule has 0 bridgehead atoms. The molecule has 0 aromatic heterocycles. The Balaban J connectivity index is 2.02. The summed E-state index contributed by atoms with van der Waals surface area (Å²) >= 11 is 0. The first-order chi connectivity index (χ1) is 9.71. The molecule has 1 amide bonds. The van der Waals surface area contributed by atoms with Crippen LogP contribution >= 0.6 is 0 Å². The first-order valence-electron chi connectivity index (χ1n) is 6.96. The molecule has 0 spiro atoms. The Morgan fingerprint density at radius 1 is 1.29 bits per heavy atom. The van der Waals surface area contributed by atoms with Gasteiger partial charge in [0.25, 0.3) is 0 Å². The standard InChI is InChI=1S/C15H22N2O3S/c1-15(2,21(3,19)20)10-17-11-16-13(14(17)18)9-12-7-5-4-6-8-12/h4-8,13,16H,9-11H2,1-3H3.